The van der Waals surface area contributed by atoms with Crippen molar-refractivity contribution < 1.29 is 14.4 Å². The maximum Gasteiger partial charge on any atom is 0.322 e. The number of urea groups is 1. The largest absolute Gasteiger partial charge is 0.352 e. The topological polar surface area (TPSA) is 81.8 Å². The number of nitrogens with one attached hydrogen (secondary N) is 2. The number of nitrogens with zero attached hydrogens (tertiary/aromatic N) is 2. The summed E-state index contributed by atoms with van der Waals surface area (Å²) in [5.74, 6) is -0.398. The number of piperazine rings is 1. The van der Waals surface area contributed by atoms with Crippen LogP contribution in [0.25, 0.3) is 0 Å². The zero-order valence-electron chi connectivity index (χ0n) is 16.5. The Morgan fingerprint density at radius 2 is 1.85 bits per heavy atom. The number of hydrogen-bond donors (Lipinski definition) is 2. The van der Waals surface area contributed by atoms with Gasteiger partial charge in [0.15, 0.2) is 0 Å². The Kier molecular flexibility index (Phi) is 7.64. The van der Waals surface area contributed by atoms with Gasteiger partial charge < -0.3 is 20.4 Å². The Morgan fingerprint density at radius 3 is 2.44 bits per heavy atom. The highest BCUT2D eigenvalue weighted by Gasteiger charge is 2.28. The molecule has 1 fully saturated rings. The lowest BCUT2D eigenvalue weighted by atomic mass is 10.1. The molecular formula is C20H30N4O3. The van der Waals surface area contributed by atoms with E-state index in [1.54, 1.807) is 0 Å². The number of carbonyl (C=O) groups is 3. The van der Waals surface area contributed by atoms with Crippen molar-refractivity contribution >= 4 is 23.5 Å². The van der Waals surface area contributed by atoms with Crippen LogP contribution in [0.5, 0.6) is 0 Å². The molecule has 1 aromatic rings. The van der Waals surface area contributed by atoms with Crippen molar-refractivity contribution in [3.8, 4) is 0 Å². The summed E-state index contributed by atoms with van der Waals surface area (Å²) in [5, 5.41) is 5.60. The van der Waals surface area contributed by atoms with Crippen LogP contribution in [0.15, 0.2) is 24.3 Å². The van der Waals surface area contributed by atoms with E-state index in [0.717, 1.165) is 19.3 Å². The fourth-order valence-corrected chi connectivity index (χ4v) is 2.93. The summed E-state index contributed by atoms with van der Waals surface area (Å²) in [5.41, 5.74) is 1.96. The number of hydrogen-bond acceptors (Lipinski definition) is 3. The normalized spacial score (nSPS) is 14.4. The lowest BCUT2D eigenvalue weighted by molar-refractivity contribution is -0.139. The zero-order valence-corrected chi connectivity index (χ0v) is 16.5. The summed E-state index contributed by atoms with van der Waals surface area (Å²) in [6.45, 7) is 6.68. The van der Waals surface area contributed by atoms with Gasteiger partial charge in [0.05, 0.1) is 6.54 Å². The SMILES string of the molecule is CCCCc1ccc(NC(=O)N2CCN(CC(=O)NC(C)C)C(=O)C2)cc1. The molecule has 0 unspecified atom stereocenters. The van der Waals surface area contributed by atoms with Crippen LogP contribution < -0.4 is 10.6 Å². The summed E-state index contributed by atoms with van der Waals surface area (Å²) < 4.78 is 0. The van der Waals surface area contributed by atoms with E-state index in [0.29, 0.717) is 18.8 Å². The number of anilines is 1. The molecule has 7 heteroatoms. The standard InChI is InChI=1S/C20H30N4O3/c1-4-5-6-16-7-9-17(10-8-16)22-20(27)24-12-11-23(19(26)14-24)13-18(25)21-15(2)3/h7-10,15H,4-6,11-14H2,1-3H3,(H,21,25)(H,22,27). The van der Waals surface area contributed by atoms with Crippen LogP contribution >= 0.6 is 0 Å². The number of amides is 4. The van der Waals surface area contributed by atoms with Gasteiger partial charge >= 0.3 is 6.03 Å². The first-order valence-electron chi connectivity index (χ1n) is 9.61. The molecule has 1 aromatic carbocycles. The first kappa shape index (κ1) is 20.7. The molecule has 0 saturated carbocycles. The minimum absolute atomic E-state index is 0.0185. The van der Waals surface area contributed by atoms with E-state index < -0.39 is 0 Å². The highest BCUT2D eigenvalue weighted by molar-refractivity contribution is 5.94. The minimum atomic E-state index is -0.295. The number of aryl methyl sites for hydroxylation is 1. The Hall–Kier alpha value is -2.57. The minimum Gasteiger partial charge on any atom is -0.352 e. The molecule has 4 amide bonds. The molecule has 1 aliphatic rings. The van der Waals surface area contributed by atoms with Gasteiger partial charge in [-0.15, -0.1) is 0 Å². The van der Waals surface area contributed by atoms with Gasteiger partial charge in [0.2, 0.25) is 11.8 Å². The van der Waals surface area contributed by atoms with Gasteiger partial charge in [-0.1, -0.05) is 25.5 Å². The quantitative estimate of drug-likeness (QED) is 0.768. The lowest BCUT2D eigenvalue weighted by Crippen LogP contribution is -2.55. The highest BCUT2D eigenvalue weighted by atomic mass is 16.2. The molecule has 0 spiro atoms. The van der Waals surface area contributed by atoms with Crippen LogP contribution in [-0.4, -0.2) is 59.9 Å². The second kappa shape index (κ2) is 9.94. The average Bonchev–Trinajstić information content (AvgIpc) is 2.62. The Morgan fingerprint density at radius 1 is 1.15 bits per heavy atom. The van der Waals surface area contributed by atoms with Crippen molar-refractivity contribution in [1.29, 1.82) is 0 Å². The number of benzene rings is 1. The Bertz CT molecular complexity index is 658. The molecule has 0 radical (unpaired) electrons. The Labute approximate surface area is 161 Å². The summed E-state index contributed by atoms with van der Waals surface area (Å²) in [4.78, 5) is 39.4. The van der Waals surface area contributed by atoms with E-state index >= 15 is 0 Å². The van der Waals surface area contributed by atoms with Crippen molar-refractivity contribution in [2.45, 2.75) is 46.1 Å². The third-order valence-corrected chi connectivity index (χ3v) is 4.41. The molecule has 2 rings (SSSR count). The van der Waals surface area contributed by atoms with Crippen molar-refractivity contribution in [2.75, 3.05) is 31.5 Å². The molecule has 0 aliphatic carbocycles. The van der Waals surface area contributed by atoms with Crippen molar-refractivity contribution in [2.24, 2.45) is 0 Å². The second-order valence-corrected chi connectivity index (χ2v) is 7.19. The van der Waals surface area contributed by atoms with Crippen LogP contribution in [-0.2, 0) is 16.0 Å². The smallest absolute Gasteiger partial charge is 0.322 e. The maximum atomic E-state index is 12.4. The van der Waals surface area contributed by atoms with E-state index in [-0.39, 0.29) is 37.0 Å². The van der Waals surface area contributed by atoms with E-state index in [2.05, 4.69) is 17.6 Å². The monoisotopic (exact) mass is 374 g/mol. The van der Waals surface area contributed by atoms with E-state index in [1.807, 2.05) is 38.1 Å². The fourth-order valence-electron chi connectivity index (χ4n) is 2.93. The van der Waals surface area contributed by atoms with Crippen molar-refractivity contribution in [3.63, 3.8) is 0 Å². The third kappa shape index (κ3) is 6.58. The summed E-state index contributed by atoms with van der Waals surface area (Å²) in [6, 6.07) is 7.54. The van der Waals surface area contributed by atoms with Gasteiger partial charge in [0.25, 0.3) is 0 Å². The van der Waals surface area contributed by atoms with Crippen molar-refractivity contribution in [1.82, 2.24) is 15.1 Å². The van der Waals surface area contributed by atoms with Gasteiger partial charge in [-0.25, -0.2) is 4.79 Å². The van der Waals surface area contributed by atoms with Crippen LogP contribution in [0.4, 0.5) is 10.5 Å². The first-order valence-corrected chi connectivity index (χ1v) is 9.61. The molecule has 1 heterocycles. The number of unbranched alkanes of at least 4 members (excludes halogenated alkanes) is 1. The van der Waals surface area contributed by atoms with Crippen LogP contribution in [0.1, 0.15) is 39.2 Å². The molecule has 27 heavy (non-hydrogen) atoms. The summed E-state index contributed by atoms with van der Waals surface area (Å²) in [7, 11) is 0. The number of rotatable bonds is 7. The van der Waals surface area contributed by atoms with Gasteiger partial charge in [-0.3, -0.25) is 9.59 Å². The van der Waals surface area contributed by atoms with Crippen LogP contribution in [0.3, 0.4) is 0 Å². The maximum absolute atomic E-state index is 12.4. The van der Waals surface area contributed by atoms with Gasteiger partial charge in [-0.2, -0.15) is 0 Å². The molecular weight excluding hydrogens is 344 g/mol. The first-order chi connectivity index (χ1) is 12.9. The third-order valence-electron chi connectivity index (χ3n) is 4.41. The van der Waals surface area contributed by atoms with E-state index in [1.165, 1.54) is 15.4 Å². The highest BCUT2D eigenvalue weighted by Crippen LogP contribution is 2.13. The summed E-state index contributed by atoms with van der Waals surface area (Å²) >= 11 is 0. The second-order valence-electron chi connectivity index (χ2n) is 7.19. The van der Waals surface area contributed by atoms with Crippen molar-refractivity contribution in [3.05, 3.63) is 29.8 Å². The molecule has 0 bridgehead atoms. The lowest BCUT2D eigenvalue weighted by Gasteiger charge is -2.34. The zero-order chi connectivity index (χ0) is 19.8. The van der Waals surface area contributed by atoms with Gasteiger partial charge in [0, 0.05) is 24.8 Å². The van der Waals surface area contributed by atoms with E-state index in [4.69, 9.17) is 0 Å². The fraction of sp³-hybridized carbons (Fsp3) is 0.550. The molecule has 1 aliphatic heterocycles. The predicted octanol–water partition coefficient (Wildman–Crippen LogP) is 2.23. The average molecular weight is 374 g/mol. The summed E-state index contributed by atoms with van der Waals surface area (Å²) in [6.07, 6.45) is 3.33. The van der Waals surface area contributed by atoms with Gasteiger partial charge in [0.1, 0.15) is 6.54 Å². The number of carbonyl (C=O) groups excluding carboxylic acids is 3. The molecule has 0 aromatic heterocycles. The van der Waals surface area contributed by atoms with Crippen LogP contribution in [0, 0.1) is 0 Å². The Balaban J connectivity index is 1.83. The predicted molar refractivity (Wildman–Crippen MR) is 106 cm³/mol. The van der Waals surface area contributed by atoms with Crippen LogP contribution in [0.2, 0.25) is 0 Å². The molecule has 1 saturated heterocycles. The van der Waals surface area contributed by atoms with E-state index in [9.17, 15) is 14.4 Å². The molecule has 0 atom stereocenters. The molecule has 2 N–H and O–H groups in total. The molecule has 148 valence electrons. The van der Waals surface area contributed by atoms with Gasteiger partial charge in [-0.05, 0) is 44.4 Å². The molecule has 7 nitrogen and oxygen atoms in total.